The Morgan fingerprint density at radius 3 is 2.80 bits per heavy atom. The van der Waals surface area contributed by atoms with Crippen molar-refractivity contribution in [1.82, 2.24) is 14.5 Å². The monoisotopic (exact) mass is 341 g/mol. The molecule has 0 atom stereocenters. The van der Waals surface area contributed by atoms with Crippen molar-refractivity contribution in [2.24, 2.45) is 0 Å². The summed E-state index contributed by atoms with van der Waals surface area (Å²) < 4.78 is 7.18. The normalized spacial score (nSPS) is 11.0. The van der Waals surface area contributed by atoms with Crippen LogP contribution in [0.25, 0.3) is 11.0 Å². The number of carboxylic acid groups (broad SMARTS) is 1. The maximum Gasteiger partial charge on any atom is 0.354 e. The second-order valence-corrected chi connectivity index (χ2v) is 5.82. The number of carbonyl (C=O) groups is 2. The first-order valence-electron chi connectivity index (χ1n) is 7.98. The Bertz CT molecular complexity index is 925. The summed E-state index contributed by atoms with van der Waals surface area (Å²) in [4.78, 5) is 29.0. The van der Waals surface area contributed by atoms with Gasteiger partial charge in [0.1, 0.15) is 23.6 Å². The van der Waals surface area contributed by atoms with Gasteiger partial charge in [0.2, 0.25) is 5.91 Å². The second-order valence-electron chi connectivity index (χ2n) is 5.82. The van der Waals surface area contributed by atoms with Crippen LogP contribution in [-0.2, 0) is 24.3 Å². The Kier molecular flexibility index (Phi) is 4.56. The maximum absolute atomic E-state index is 12.5. The number of hydrogen-bond acceptors (Lipinski definition) is 4. The van der Waals surface area contributed by atoms with E-state index in [-0.39, 0.29) is 18.1 Å². The summed E-state index contributed by atoms with van der Waals surface area (Å²) in [5.41, 5.74) is 1.78. The lowest BCUT2D eigenvalue weighted by Crippen LogP contribution is -2.30. The molecule has 2 aromatic heterocycles. The molecule has 7 nitrogen and oxygen atoms in total. The first kappa shape index (κ1) is 16.8. The number of para-hydroxylation sites is 1. The molecule has 1 amide bonds. The standard InChI is InChI=1S/C18H19N3O4/c1-3-15-13(12-6-4-5-7-16(12)25-15)9-20(2)17(22)10-21-11-19-8-14(21)18(23)24/h4-8,11H,3,9-10H2,1-2H3,(H,23,24). The van der Waals surface area contributed by atoms with Crippen molar-refractivity contribution in [2.45, 2.75) is 26.4 Å². The molecule has 2 heterocycles. The minimum Gasteiger partial charge on any atom is -0.477 e. The van der Waals surface area contributed by atoms with Crippen LogP contribution in [0.1, 0.15) is 28.7 Å². The lowest BCUT2D eigenvalue weighted by molar-refractivity contribution is -0.131. The molecule has 0 saturated heterocycles. The Morgan fingerprint density at radius 2 is 2.08 bits per heavy atom. The quantitative estimate of drug-likeness (QED) is 0.744. The van der Waals surface area contributed by atoms with E-state index in [2.05, 4.69) is 4.98 Å². The number of aromatic carboxylic acids is 1. The molecule has 0 spiro atoms. The highest BCUT2D eigenvalue weighted by atomic mass is 16.4. The van der Waals surface area contributed by atoms with E-state index in [1.54, 1.807) is 11.9 Å². The Balaban J connectivity index is 1.80. The van der Waals surface area contributed by atoms with Gasteiger partial charge in [0.05, 0.1) is 12.5 Å². The predicted octanol–water partition coefficient (Wildman–Crippen LogP) is 2.55. The topological polar surface area (TPSA) is 88.6 Å². The number of carbonyl (C=O) groups excluding carboxylic acids is 1. The van der Waals surface area contributed by atoms with E-state index in [0.717, 1.165) is 28.7 Å². The minimum atomic E-state index is -1.11. The van der Waals surface area contributed by atoms with Gasteiger partial charge in [0.25, 0.3) is 0 Å². The number of rotatable bonds is 6. The van der Waals surface area contributed by atoms with Crippen molar-refractivity contribution in [3.8, 4) is 0 Å². The molecule has 3 rings (SSSR count). The van der Waals surface area contributed by atoms with Gasteiger partial charge < -0.3 is 19.0 Å². The zero-order chi connectivity index (χ0) is 18.0. The molecule has 0 saturated carbocycles. The number of hydrogen-bond donors (Lipinski definition) is 1. The number of aromatic nitrogens is 2. The summed E-state index contributed by atoms with van der Waals surface area (Å²) in [5.74, 6) is -0.454. The summed E-state index contributed by atoms with van der Waals surface area (Å²) in [6, 6.07) is 7.73. The highest BCUT2D eigenvalue weighted by Crippen LogP contribution is 2.27. The van der Waals surface area contributed by atoms with Gasteiger partial charge in [0.15, 0.2) is 0 Å². The van der Waals surface area contributed by atoms with Crippen LogP contribution in [0.4, 0.5) is 0 Å². The molecule has 25 heavy (non-hydrogen) atoms. The van der Waals surface area contributed by atoms with Crippen LogP contribution in [0.3, 0.4) is 0 Å². The molecule has 7 heteroatoms. The van der Waals surface area contributed by atoms with Crippen LogP contribution < -0.4 is 0 Å². The fraction of sp³-hybridized carbons (Fsp3) is 0.278. The fourth-order valence-electron chi connectivity index (χ4n) is 2.83. The molecule has 0 aliphatic heterocycles. The number of amides is 1. The number of benzene rings is 1. The number of furan rings is 1. The molecule has 0 bridgehead atoms. The summed E-state index contributed by atoms with van der Waals surface area (Å²) >= 11 is 0. The molecule has 3 aromatic rings. The summed E-state index contributed by atoms with van der Waals surface area (Å²) in [7, 11) is 1.70. The van der Waals surface area contributed by atoms with Gasteiger partial charge in [0, 0.05) is 31.0 Å². The van der Waals surface area contributed by atoms with Crippen LogP contribution in [0.2, 0.25) is 0 Å². The highest BCUT2D eigenvalue weighted by Gasteiger charge is 2.19. The van der Waals surface area contributed by atoms with E-state index < -0.39 is 5.97 Å². The molecule has 0 aliphatic carbocycles. The van der Waals surface area contributed by atoms with Crippen LogP contribution >= 0.6 is 0 Å². The third kappa shape index (κ3) is 3.26. The van der Waals surface area contributed by atoms with E-state index in [4.69, 9.17) is 9.52 Å². The third-order valence-electron chi connectivity index (χ3n) is 4.16. The molecule has 0 unspecified atom stereocenters. The number of fused-ring (bicyclic) bond motifs is 1. The molecule has 130 valence electrons. The van der Waals surface area contributed by atoms with Crippen LogP contribution in [0.15, 0.2) is 41.2 Å². The van der Waals surface area contributed by atoms with Gasteiger partial charge in [-0.15, -0.1) is 0 Å². The highest BCUT2D eigenvalue weighted by molar-refractivity contribution is 5.86. The number of likely N-dealkylation sites (N-methyl/N-ethyl adjacent to an activating group) is 1. The molecular formula is C18H19N3O4. The average molecular weight is 341 g/mol. The average Bonchev–Trinajstić information content (AvgIpc) is 3.19. The van der Waals surface area contributed by atoms with Crippen molar-refractivity contribution >= 4 is 22.8 Å². The zero-order valence-corrected chi connectivity index (χ0v) is 14.1. The van der Waals surface area contributed by atoms with E-state index >= 15 is 0 Å². The van der Waals surface area contributed by atoms with Gasteiger partial charge in [-0.1, -0.05) is 25.1 Å². The number of aryl methyl sites for hydroxylation is 1. The number of nitrogens with zero attached hydrogens (tertiary/aromatic N) is 3. The molecule has 0 fully saturated rings. The van der Waals surface area contributed by atoms with Gasteiger partial charge >= 0.3 is 5.97 Å². The smallest absolute Gasteiger partial charge is 0.354 e. The van der Waals surface area contributed by atoms with Crippen molar-refractivity contribution < 1.29 is 19.1 Å². The lowest BCUT2D eigenvalue weighted by atomic mass is 10.1. The van der Waals surface area contributed by atoms with E-state index in [1.807, 2.05) is 31.2 Å². The maximum atomic E-state index is 12.5. The first-order valence-corrected chi connectivity index (χ1v) is 7.98. The van der Waals surface area contributed by atoms with Gasteiger partial charge in [-0.2, -0.15) is 0 Å². The predicted molar refractivity (Wildman–Crippen MR) is 91.3 cm³/mol. The van der Waals surface area contributed by atoms with Gasteiger partial charge in [-0.3, -0.25) is 4.79 Å². The van der Waals surface area contributed by atoms with Crippen LogP contribution in [-0.4, -0.2) is 38.5 Å². The molecule has 1 N–H and O–H groups in total. The fourth-order valence-corrected chi connectivity index (χ4v) is 2.83. The Labute approximate surface area is 144 Å². The molecular weight excluding hydrogens is 322 g/mol. The lowest BCUT2D eigenvalue weighted by Gasteiger charge is -2.18. The van der Waals surface area contributed by atoms with Gasteiger partial charge in [-0.05, 0) is 6.07 Å². The third-order valence-corrected chi connectivity index (χ3v) is 4.16. The summed E-state index contributed by atoms with van der Waals surface area (Å²) in [6.45, 7) is 2.33. The van der Waals surface area contributed by atoms with E-state index in [9.17, 15) is 9.59 Å². The Morgan fingerprint density at radius 1 is 1.32 bits per heavy atom. The van der Waals surface area contributed by atoms with Crippen molar-refractivity contribution in [3.63, 3.8) is 0 Å². The molecule has 0 aliphatic rings. The van der Waals surface area contributed by atoms with E-state index in [0.29, 0.717) is 6.54 Å². The van der Waals surface area contributed by atoms with Crippen LogP contribution in [0.5, 0.6) is 0 Å². The zero-order valence-electron chi connectivity index (χ0n) is 14.1. The summed E-state index contributed by atoms with van der Waals surface area (Å²) in [6.07, 6.45) is 3.31. The van der Waals surface area contributed by atoms with Gasteiger partial charge in [-0.25, -0.2) is 9.78 Å². The largest absolute Gasteiger partial charge is 0.477 e. The van der Waals surface area contributed by atoms with E-state index in [1.165, 1.54) is 17.1 Å². The summed E-state index contributed by atoms with van der Waals surface area (Å²) in [5, 5.41) is 10.1. The Hall–Kier alpha value is -3.09. The van der Waals surface area contributed by atoms with Crippen LogP contribution in [0, 0.1) is 0 Å². The van der Waals surface area contributed by atoms with Crippen molar-refractivity contribution in [1.29, 1.82) is 0 Å². The number of imidazole rings is 1. The number of carboxylic acids is 1. The SMILES string of the molecule is CCc1oc2ccccc2c1CN(C)C(=O)Cn1cncc1C(=O)O. The molecule has 1 aromatic carbocycles. The first-order chi connectivity index (χ1) is 12.0. The minimum absolute atomic E-state index is 0.00948. The second kappa shape index (κ2) is 6.80. The molecule has 0 radical (unpaired) electrons. The van der Waals surface area contributed by atoms with Crippen molar-refractivity contribution in [3.05, 3.63) is 53.8 Å². The van der Waals surface area contributed by atoms with Crippen molar-refractivity contribution in [2.75, 3.05) is 7.05 Å².